The number of nitrogens with two attached hydrogens (primary N) is 1. The average Bonchev–Trinajstić information content (AvgIpc) is 2.30. The van der Waals surface area contributed by atoms with Gasteiger partial charge >= 0.3 is 0 Å². The number of carbonyl (C=O) groups is 1. The van der Waals surface area contributed by atoms with Gasteiger partial charge in [-0.25, -0.2) is 0 Å². The molecule has 6 heteroatoms. The van der Waals surface area contributed by atoms with E-state index in [1.54, 1.807) is 32.0 Å². The van der Waals surface area contributed by atoms with Gasteiger partial charge in [-0.2, -0.15) is 0 Å². The minimum atomic E-state index is -0.910. The van der Waals surface area contributed by atoms with Crippen molar-refractivity contribution < 1.29 is 10.0 Å². The zero-order valence-electron chi connectivity index (χ0n) is 10.3. The van der Waals surface area contributed by atoms with Crippen LogP contribution in [0, 0.1) is 0 Å². The summed E-state index contributed by atoms with van der Waals surface area (Å²) in [6, 6.07) is 7.10. The van der Waals surface area contributed by atoms with Gasteiger partial charge in [0, 0.05) is 5.02 Å². The largest absolute Gasteiger partial charge is 0.409 e. The predicted octanol–water partition coefficient (Wildman–Crippen LogP) is 1.52. The molecule has 0 heterocycles. The molecule has 0 aliphatic carbocycles. The first-order valence-corrected chi connectivity index (χ1v) is 5.77. The molecule has 0 saturated heterocycles. The summed E-state index contributed by atoms with van der Waals surface area (Å²) in [4.78, 5) is 11.8. The van der Waals surface area contributed by atoms with Crippen molar-refractivity contribution in [1.29, 1.82) is 0 Å². The van der Waals surface area contributed by atoms with E-state index in [2.05, 4.69) is 10.5 Å². The second kappa shape index (κ2) is 5.73. The van der Waals surface area contributed by atoms with Crippen LogP contribution in [-0.2, 0) is 11.2 Å². The second-order valence-electron chi connectivity index (χ2n) is 4.43. The van der Waals surface area contributed by atoms with Gasteiger partial charge in [0.05, 0.1) is 12.0 Å². The van der Waals surface area contributed by atoms with E-state index in [0.717, 1.165) is 5.56 Å². The predicted molar refractivity (Wildman–Crippen MR) is 70.8 cm³/mol. The fraction of sp³-hybridized carbons (Fsp3) is 0.333. The number of halogens is 1. The van der Waals surface area contributed by atoms with Crippen LogP contribution in [0.3, 0.4) is 0 Å². The zero-order valence-corrected chi connectivity index (χ0v) is 11.0. The van der Waals surface area contributed by atoms with Gasteiger partial charge < -0.3 is 16.3 Å². The Balaban J connectivity index is 2.71. The molecule has 0 fully saturated rings. The Hall–Kier alpha value is -1.75. The third-order valence-corrected chi connectivity index (χ3v) is 2.88. The topological polar surface area (TPSA) is 87.7 Å². The highest BCUT2D eigenvalue weighted by Gasteiger charge is 2.25. The van der Waals surface area contributed by atoms with E-state index >= 15 is 0 Å². The van der Waals surface area contributed by atoms with Crippen molar-refractivity contribution in [2.45, 2.75) is 25.8 Å². The lowest BCUT2D eigenvalue weighted by atomic mass is 10.0. The molecule has 0 aromatic heterocycles. The molecule has 5 nitrogen and oxygen atoms in total. The van der Waals surface area contributed by atoms with Crippen LogP contribution in [0.25, 0.3) is 0 Å². The highest BCUT2D eigenvalue weighted by atomic mass is 35.5. The standard InChI is InChI=1S/C12H16ClN3O2/c1-12(2,11(14)16-18)15-10(17)7-8-5-3-4-6-9(8)13/h3-6,18H,7H2,1-2H3,(H2,14,16)(H,15,17). The molecule has 1 rings (SSSR count). The third-order valence-electron chi connectivity index (χ3n) is 2.51. The Bertz CT molecular complexity index is 472. The number of rotatable bonds is 4. The second-order valence-corrected chi connectivity index (χ2v) is 4.83. The first-order valence-electron chi connectivity index (χ1n) is 5.39. The summed E-state index contributed by atoms with van der Waals surface area (Å²) in [7, 11) is 0. The quantitative estimate of drug-likeness (QED) is 0.335. The number of benzene rings is 1. The molecule has 0 spiro atoms. The summed E-state index contributed by atoms with van der Waals surface area (Å²) in [5.74, 6) is -0.310. The number of hydrogen-bond donors (Lipinski definition) is 3. The summed E-state index contributed by atoms with van der Waals surface area (Å²) in [5.41, 5.74) is 5.30. The fourth-order valence-electron chi connectivity index (χ4n) is 1.40. The zero-order chi connectivity index (χ0) is 13.8. The lowest BCUT2D eigenvalue weighted by Crippen LogP contribution is -2.53. The molecule has 1 aromatic rings. The van der Waals surface area contributed by atoms with Crippen LogP contribution in [0.5, 0.6) is 0 Å². The molecule has 0 unspecified atom stereocenters. The van der Waals surface area contributed by atoms with Crippen LogP contribution in [0.4, 0.5) is 0 Å². The first kappa shape index (κ1) is 14.3. The summed E-state index contributed by atoms with van der Waals surface area (Å²) in [6.45, 7) is 3.29. The summed E-state index contributed by atoms with van der Waals surface area (Å²) in [6.07, 6.45) is 0.141. The highest BCUT2D eigenvalue weighted by molar-refractivity contribution is 6.31. The van der Waals surface area contributed by atoms with Crippen LogP contribution < -0.4 is 11.1 Å². The van der Waals surface area contributed by atoms with Gasteiger partial charge in [0.1, 0.15) is 0 Å². The molecule has 0 saturated carbocycles. The number of hydrogen-bond acceptors (Lipinski definition) is 3. The molecular weight excluding hydrogens is 254 g/mol. The van der Waals surface area contributed by atoms with Gasteiger partial charge in [-0.05, 0) is 25.5 Å². The van der Waals surface area contributed by atoms with Gasteiger partial charge in [0.2, 0.25) is 5.91 Å². The van der Waals surface area contributed by atoms with E-state index in [4.69, 9.17) is 22.5 Å². The van der Waals surface area contributed by atoms with E-state index in [1.165, 1.54) is 0 Å². The fourth-order valence-corrected chi connectivity index (χ4v) is 1.60. The Morgan fingerprint density at radius 3 is 2.67 bits per heavy atom. The monoisotopic (exact) mass is 269 g/mol. The molecule has 18 heavy (non-hydrogen) atoms. The molecule has 0 atom stereocenters. The van der Waals surface area contributed by atoms with Crippen LogP contribution in [-0.4, -0.2) is 22.5 Å². The smallest absolute Gasteiger partial charge is 0.225 e. The highest BCUT2D eigenvalue weighted by Crippen LogP contribution is 2.15. The number of nitrogens with one attached hydrogen (secondary N) is 1. The SMILES string of the molecule is CC(C)(NC(=O)Cc1ccccc1Cl)/C(N)=N/O. The van der Waals surface area contributed by atoms with Crippen molar-refractivity contribution in [1.82, 2.24) is 5.32 Å². The molecular formula is C12H16ClN3O2. The van der Waals surface area contributed by atoms with Crippen LogP contribution in [0.15, 0.2) is 29.4 Å². The lowest BCUT2D eigenvalue weighted by molar-refractivity contribution is -0.121. The molecule has 0 aliphatic heterocycles. The molecule has 1 amide bonds. The number of carbonyl (C=O) groups excluding carboxylic acids is 1. The summed E-state index contributed by atoms with van der Waals surface area (Å²) in [5, 5.41) is 14.7. The van der Waals surface area contributed by atoms with E-state index in [-0.39, 0.29) is 18.2 Å². The summed E-state index contributed by atoms with van der Waals surface area (Å²) >= 11 is 5.96. The number of amides is 1. The van der Waals surface area contributed by atoms with Crippen LogP contribution in [0.1, 0.15) is 19.4 Å². The van der Waals surface area contributed by atoms with Crippen molar-refractivity contribution >= 4 is 23.3 Å². The maximum Gasteiger partial charge on any atom is 0.225 e. The Morgan fingerprint density at radius 2 is 2.11 bits per heavy atom. The molecule has 98 valence electrons. The minimum Gasteiger partial charge on any atom is -0.409 e. The Labute approximate surface area is 111 Å². The van der Waals surface area contributed by atoms with Crippen molar-refractivity contribution in [3.63, 3.8) is 0 Å². The number of amidine groups is 1. The van der Waals surface area contributed by atoms with Gasteiger partial charge in [-0.15, -0.1) is 0 Å². The van der Waals surface area contributed by atoms with E-state index < -0.39 is 5.54 Å². The lowest BCUT2D eigenvalue weighted by Gasteiger charge is -2.24. The normalized spacial score (nSPS) is 12.3. The molecule has 0 radical (unpaired) electrons. The van der Waals surface area contributed by atoms with Crippen molar-refractivity contribution in [3.8, 4) is 0 Å². The van der Waals surface area contributed by atoms with Gasteiger partial charge in [0.25, 0.3) is 0 Å². The Kier molecular flexibility index (Phi) is 4.55. The molecule has 0 bridgehead atoms. The van der Waals surface area contributed by atoms with Gasteiger partial charge in [0.15, 0.2) is 5.84 Å². The third kappa shape index (κ3) is 3.63. The first-order chi connectivity index (χ1) is 8.36. The van der Waals surface area contributed by atoms with E-state index in [0.29, 0.717) is 5.02 Å². The average molecular weight is 270 g/mol. The summed E-state index contributed by atoms with van der Waals surface area (Å²) < 4.78 is 0. The number of nitrogens with zero attached hydrogens (tertiary/aromatic N) is 1. The van der Waals surface area contributed by atoms with Gasteiger partial charge in [-0.3, -0.25) is 4.79 Å². The minimum absolute atomic E-state index is 0.0602. The van der Waals surface area contributed by atoms with Crippen LogP contribution >= 0.6 is 11.6 Å². The van der Waals surface area contributed by atoms with Crippen molar-refractivity contribution in [2.24, 2.45) is 10.9 Å². The maximum atomic E-state index is 11.8. The molecule has 0 aliphatic rings. The molecule has 1 aromatic carbocycles. The Morgan fingerprint density at radius 1 is 1.50 bits per heavy atom. The van der Waals surface area contributed by atoms with E-state index in [9.17, 15) is 4.79 Å². The van der Waals surface area contributed by atoms with Crippen LogP contribution in [0.2, 0.25) is 5.02 Å². The van der Waals surface area contributed by atoms with E-state index in [1.807, 2.05) is 6.07 Å². The van der Waals surface area contributed by atoms with Crippen molar-refractivity contribution in [3.05, 3.63) is 34.9 Å². The number of oxime groups is 1. The molecule has 4 N–H and O–H groups in total. The van der Waals surface area contributed by atoms with Crippen molar-refractivity contribution in [2.75, 3.05) is 0 Å². The van der Waals surface area contributed by atoms with Gasteiger partial charge in [-0.1, -0.05) is 35.0 Å². The maximum absolute atomic E-state index is 11.8.